The molecule has 162 valence electrons. The highest BCUT2D eigenvalue weighted by atomic mass is 19.1. The molecule has 4 rings (SSSR count). The molecule has 0 unspecified atom stereocenters. The van der Waals surface area contributed by atoms with Crippen molar-refractivity contribution in [2.75, 3.05) is 19.1 Å². The molecule has 6 nitrogen and oxygen atoms in total. The second kappa shape index (κ2) is 8.55. The van der Waals surface area contributed by atoms with Crippen LogP contribution in [-0.2, 0) is 9.59 Å². The summed E-state index contributed by atoms with van der Waals surface area (Å²) in [6, 6.07) is 17.6. The Labute approximate surface area is 184 Å². The maximum Gasteiger partial charge on any atom is 0.300 e. The Bertz CT molecular complexity index is 1200. The molecule has 1 atom stereocenters. The minimum Gasteiger partial charge on any atom is -0.507 e. The number of ether oxygens (including phenoxy) is 2. The smallest absolute Gasteiger partial charge is 0.300 e. The molecular weight excluding hydrogens is 413 g/mol. The van der Waals surface area contributed by atoms with Gasteiger partial charge in [0.15, 0.2) is 0 Å². The van der Waals surface area contributed by atoms with Crippen molar-refractivity contribution < 1.29 is 28.6 Å². The Morgan fingerprint density at radius 2 is 1.44 bits per heavy atom. The van der Waals surface area contributed by atoms with Gasteiger partial charge in [0.25, 0.3) is 11.7 Å². The third-order valence-electron chi connectivity index (χ3n) is 5.36. The molecule has 32 heavy (non-hydrogen) atoms. The number of methoxy groups -OCH3 is 2. The van der Waals surface area contributed by atoms with Crippen LogP contribution in [0, 0.1) is 5.82 Å². The highest BCUT2D eigenvalue weighted by molar-refractivity contribution is 6.51. The van der Waals surface area contributed by atoms with Crippen LogP contribution in [0.3, 0.4) is 0 Å². The van der Waals surface area contributed by atoms with Crippen molar-refractivity contribution >= 4 is 23.1 Å². The molecule has 3 aromatic rings. The number of halogens is 1. The fraction of sp³-hybridized carbons (Fsp3) is 0.120. The van der Waals surface area contributed by atoms with E-state index in [1.807, 2.05) is 0 Å². The number of nitrogens with zero attached hydrogens (tertiary/aromatic N) is 1. The highest BCUT2D eigenvalue weighted by Gasteiger charge is 2.47. The summed E-state index contributed by atoms with van der Waals surface area (Å²) in [6.45, 7) is 0. The Hall–Kier alpha value is -4.13. The number of carbonyl (C=O) groups excluding carboxylic acids is 2. The first kappa shape index (κ1) is 21.1. The average molecular weight is 433 g/mol. The number of Topliss-reactive ketones (excluding diaryl/α,β-unsaturated/α-hetero) is 1. The summed E-state index contributed by atoms with van der Waals surface area (Å²) in [5.74, 6) is -1.63. The lowest BCUT2D eigenvalue weighted by atomic mass is 9.94. The fourth-order valence-corrected chi connectivity index (χ4v) is 3.74. The number of rotatable bonds is 5. The van der Waals surface area contributed by atoms with Crippen LogP contribution in [-0.4, -0.2) is 31.0 Å². The molecule has 1 N–H and O–H groups in total. The average Bonchev–Trinajstić information content (AvgIpc) is 3.09. The zero-order valence-corrected chi connectivity index (χ0v) is 17.4. The van der Waals surface area contributed by atoms with Crippen molar-refractivity contribution in [3.05, 3.63) is 95.3 Å². The molecular formula is C25H20FNO5. The van der Waals surface area contributed by atoms with Gasteiger partial charge < -0.3 is 14.6 Å². The van der Waals surface area contributed by atoms with Crippen molar-refractivity contribution in [3.63, 3.8) is 0 Å². The van der Waals surface area contributed by atoms with E-state index in [9.17, 15) is 19.1 Å². The van der Waals surface area contributed by atoms with Gasteiger partial charge in [-0.25, -0.2) is 4.39 Å². The summed E-state index contributed by atoms with van der Waals surface area (Å²) in [5, 5.41) is 11.0. The maximum atomic E-state index is 14.9. The van der Waals surface area contributed by atoms with Crippen molar-refractivity contribution in [3.8, 4) is 11.5 Å². The number of ketones is 1. The van der Waals surface area contributed by atoms with Crippen LogP contribution in [0.1, 0.15) is 17.2 Å². The predicted molar refractivity (Wildman–Crippen MR) is 117 cm³/mol. The molecule has 0 aliphatic carbocycles. The molecule has 3 aromatic carbocycles. The molecule has 1 aliphatic heterocycles. The monoisotopic (exact) mass is 433 g/mol. The van der Waals surface area contributed by atoms with Gasteiger partial charge in [-0.1, -0.05) is 18.2 Å². The molecule has 1 aliphatic rings. The predicted octanol–water partition coefficient (Wildman–Crippen LogP) is 4.47. The van der Waals surface area contributed by atoms with Crippen molar-refractivity contribution in [1.29, 1.82) is 0 Å². The highest BCUT2D eigenvalue weighted by Crippen LogP contribution is 2.43. The lowest BCUT2D eigenvalue weighted by molar-refractivity contribution is -0.132. The van der Waals surface area contributed by atoms with Gasteiger partial charge in [0.1, 0.15) is 23.1 Å². The molecule has 0 bridgehead atoms. The molecule has 7 heteroatoms. The summed E-state index contributed by atoms with van der Waals surface area (Å²) in [7, 11) is 3.02. The molecule has 0 aromatic heterocycles. The molecule has 0 saturated carbocycles. The summed E-state index contributed by atoms with van der Waals surface area (Å²) in [6.07, 6.45) is 0. The molecule has 0 radical (unpaired) electrons. The summed E-state index contributed by atoms with van der Waals surface area (Å²) in [4.78, 5) is 27.3. The first-order valence-corrected chi connectivity index (χ1v) is 9.80. The van der Waals surface area contributed by atoms with Crippen LogP contribution >= 0.6 is 0 Å². The maximum absolute atomic E-state index is 14.9. The van der Waals surface area contributed by atoms with Gasteiger partial charge in [0, 0.05) is 16.8 Å². The lowest BCUT2D eigenvalue weighted by Crippen LogP contribution is -2.29. The Morgan fingerprint density at radius 1 is 0.875 bits per heavy atom. The van der Waals surface area contributed by atoms with E-state index in [0.29, 0.717) is 22.7 Å². The number of carbonyl (C=O) groups is 2. The van der Waals surface area contributed by atoms with E-state index < -0.39 is 29.3 Å². The van der Waals surface area contributed by atoms with E-state index in [1.165, 1.54) is 37.3 Å². The fourth-order valence-electron chi connectivity index (χ4n) is 3.74. The van der Waals surface area contributed by atoms with Crippen molar-refractivity contribution in [2.45, 2.75) is 6.04 Å². The van der Waals surface area contributed by atoms with Gasteiger partial charge in [-0.2, -0.15) is 0 Å². The first-order valence-electron chi connectivity index (χ1n) is 9.80. The Kier molecular flexibility index (Phi) is 5.64. The van der Waals surface area contributed by atoms with Gasteiger partial charge in [-0.05, 0) is 54.6 Å². The summed E-state index contributed by atoms with van der Waals surface area (Å²) < 4.78 is 25.1. The van der Waals surface area contributed by atoms with Gasteiger partial charge in [0.2, 0.25) is 0 Å². The summed E-state index contributed by atoms with van der Waals surface area (Å²) >= 11 is 0. The minimum absolute atomic E-state index is 0.0950. The number of aliphatic hydroxyl groups excluding tert-OH is 1. The second-order valence-electron chi connectivity index (χ2n) is 7.12. The van der Waals surface area contributed by atoms with Crippen LogP contribution in [0.15, 0.2) is 78.4 Å². The second-order valence-corrected chi connectivity index (χ2v) is 7.12. The van der Waals surface area contributed by atoms with E-state index in [0.717, 1.165) is 0 Å². The number of benzene rings is 3. The van der Waals surface area contributed by atoms with Gasteiger partial charge >= 0.3 is 0 Å². The van der Waals surface area contributed by atoms with Crippen LogP contribution in [0.25, 0.3) is 5.76 Å². The lowest BCUT2D eigenvalue weighted by Gasteiger charge is -2.25. The van der Waals surface area contributed by atoms with E-state index in [2.05, 4.69) is 0 Å². The molecule has 1 heterocycles. The Morgan fingerprint density at radius 3 is 2.00 bits per heavy atom. The third kappa shape index (κ3) is 3.58. The molecule has 1 saturated heterocycles. The van der Waals surface area contributed by atoms with Crippen LogP contribution in [0.2, 0.25) is 0 Å². The van der Waals surface area contributed by atoms with E-state index >= 15 is 0 Å². The first-order chi connectivity index (χ1) is 15.5. The number of aliphatic hydroxyl groups is 1. The summed E-state index contributed by atoms with van der Waals surface area (Å²) in [5.41, 5.74) is 0.577. The number of amides is 1. The molecule has 1 fully saturated rings. The number of hydrogen-bond donors (Lipinski definition) is 1. The number of anilines is 1. The quantitative estimate of drug-likeness (QED) is 0.365. The van der Waals surface area contributed by atoms with Crippen molar-refractivity contribution in [2.24, 2.45) is 0 Å². The topological polar surface area (TPSA) is 76.1 Å². The standard InChI is InChI=1S/C25H20FNO5/c1-31-17-11-7-15(8-12-17)23(28)21-22(19-5-3-4-6-20(19)26)27(25(30)24(21)29)16-9-13-18(32-2)14-10-16/h3-14,22,28H,1-2H3/t22-/m0/s1. The van der Waals surface area contributed by atoms with E-state index in [1.54, 1.807) is 54.6 Å². The van der Waals surface area contributed by atoms with Crippen LogP contribution in [0.4, 0.5) is 10.1 Å². The zero-order chi connectivity index (χ0) is 22.8. The van der Waals surface area contributed by atoms with E-state index in [4.69, 9.17) is 9.47 Å². The third-order valence-corrected chi connectivity index (χ3v) is 5.36. The van der Waals surface area contributed by atoms with Gasteiger partial charge in [-0.15, -0.1) is 0 Å². The van der Waals surface area contributed by atoms with Crippen LogP contribution < -0.4 is 14.4 Å². The van der Waals surface area contributed by atoms with Crippen molar-refractivity contribution in [1.82, 2.24) is 0 Å². The minimum atomic E-state index is -1.15. The molecule has 0 spiro atoms. The largest absolute Gasteiger partial charge is 0.507 e. The normalized spacial score (nSPS) is 17.5. The van der Waals surface area contributed by atoms with Gasteiger partial charge in [0.05, 0.1) is 25.8 Å². The van der Waals surface area contributed by atoms with Crippen LogP contribution in [0.5, 0.6) is 11.5 Å². The molecule has 1 amide bonds. The van der Waals surface area contributed by atoms with E-state index in [-0.39, 0.29) is 11.1 Å². The Balaban J connectivity index is 1.92. The van der Waals surface area contributed by atoms with Gasteiger partial charge in [-0.3, -0.25) is 14.5 Å². The number of hydrogen-bond acceptors (Lipinski definition) is 5. The zero-order valence-electron chi connectivity index (χ0n) is 17.4. The SMILES string of the molecule is COc1ccc(C(O)=C2C(=O)C(=O)N(c3ccc(OC)cc3)[C@H]2c2ccccc2F)cc1.